The van der Waals surface area contributed by atoms with Crippen LogP contribution in [0.15, 0.2) is 27.8 Å². The number of hydrazone groups is 1. The number of nitrogens with one attached hydrogen (secondary N) is 1. The minimum absolute atomic E-state index is 0.00823. The summed E-state index contributed by atoms with van der Waals surface area (Å²) in [7, 11) is 1.49. The van der Waals surface area contributed by atoms with E-state index in [2.05, 4.69) is 31.4 Å². The Kier molecular flexibility index (Phi) is 8.23. The molecule has 30 heavy (non-hydrogen) atoms. The molecule has 0 saturated carbocycles. The van der Waals surface area contributed by atoms with Gasteiger partial charge in [-0.05, 0) is 28.9 Å². The highest BCUT2D eigenvalue weighted by Crippen LogP contribution is 2.30. The summed E-state index contributed by atoms with van der Waals surface area (Å²) in [5.41, 5.74) is 3.58. The number of nitro groups is 1. The highest BCUT2D eigenvalue weighted by molar-refractivity contribution is 9.10. The molecule has 1 aromatic carbocycles. The molecule has 0 aliphatic carbocycles. The Morgan fingerprint density at radius 1 is 1.53 bits per heavy atom. The van der Waals surface area contributed by atoms with Gasteiger partial charge in [0.1, 0.15) is 11.6 Å². The van der Waals surface area contributed by atoms with E-state index in [1.165, 1.54) is 31.5 Å². The summed E-state index contributed by atoms with van der Waals surface area (Å²) in [6, 6.07) is 5.83. The van der Waals surface area contributed by atoms with E-state index in [1.54, 1.807) is 6.92 Å². The normalized spacial score (nSPS) is 10.6. The van der Waals surface area contributed by atoms with Gasteiger partial charge in [-0.1, -0.05) is 11.6 Å². The number of non-ortho nitro benzene ring substituents is 1. The summed E-state index contributed by atoms with van der Waals surface area (Å²) in [4.78, 5) is 26.4. The fraction of sp³-hybridized carbons (Fsp3) is 0.222. The molecule has 0 radical (unpaired) electrons. The molecule has 156 valence electrons. The Bertz CT molecular complexity index is 1050. The number of aryl methyl sites for hydroxylation is 1. The summed E-state index contributed by atoms with van der Waals surface area (Å²) in [6.45, 7) is 1.41. The highest BCUT2D eigenvalue weighted by atomic mass is 79.9. The zero-order chi connectivity index (χ0) is 22.3. The average molecular weight is 497 g/mol. The summed E-state index contributed by atoms with van der Waals surface area (Å²) in [5, 5.41) is 24.2. The van der Waals surface area contributed by atoms with Gasteiger partial charge in [-0.25, -0.2) is 10.4 Å². The molecule has 0 saturated heterocycles. The number of benzene rings is 1. The molecule has 2 aromatic rings. The maximum atomic E-state index is 12.0. The van der Waals surface area contributed by atoms with Crippen LogP contribution in [0.4, 0.5) is 5.69 Å². The number of amides is 1. The van der Waals surface area contributed by atoms with Crippen LogP contribution >= 0.6 is 27.5 Å². The third-order valence-electron chi connectivity index (χ3n) is 3.69. The smallest absolute Gasteiger partial charge is 0.278 e. The first kappa shape index (κ1) is 23.2. The van der Waals surface area contributed by atoms with E-state index in [0.717, 1.165) is 0 Å². The summed E-state index contributed by atoms with van der Waals surface area (Å²) >= 11 is 9.32. The zero-order valence-corrected chi connectivity index (χ0v) is 18.2. The second-order valence-electron chi connectivity index (χ2n) is 5.76. The predicted molar refractivity (Wildman–Crippen MR) is 111 cm³/mol. The predicted octanol–water partition coefficient (Wildman–Crippen LogP) is 3.26. The van der Waals surface area contributed by atoms with Crippen molar-refractivity contribution in [1.82, 2.24) is 10.4 Å². The number of ether oxygens (including phenoxy) is 2. The molecule has 0 fully saturated rings. The lowest BCUT2D eigenvalue weighted by Gasteiger charge is -2.13. The van der Waals surface area contributed by atoms with Crippen molar-refractivity contribution in [2.45, 2.75) is 13.5 Å². The van der Waals surface area contributed by atoms with E-state index in [0.29, 0.717) is 15.7 Å². The number of hydrogen-bond acceptors (Lipinski definition) is 8. The van der Waals surface area contributed by atoms with Crippen LogP contribution in [0.2, 0.25) is 5.02 Å². The SMILES string of the molecule is COCc1c(Br)c(C)nc(OCC(=O)NN=Cc2cc([N+](=O)[O-])ccc2Cl)c1C#N. The number of nitrogens with zero attached hydrogens (tertiary/aromatic N) is 4. The number of nitriles is 1. The van der Waals surface area contributed by atoms with Crippen LogP contribution in [0.5, 0.6) is 5.88 Å². The molecule has 0 atom stereocenters. The van der Waals surface area contributed by atoms with Gasteiger partial charge in [0.05, 0.1) is 23.4 Å². The third kappa shape index (κ3) is 5.73. The van der Waals surface area contributed by atoms with Gasteiger partial charge in [0.15, 0.2) is 6.61 Å². The quantitative estimate of drug-likeness (QED) is 0.336. The number of aromatic nitrogens is 1. The zero-order valence-electron chi connectivity index (χ0n) is 15.8. The number of pyridine rings is 1. The fourth-order valence-electron chi connectivity index (χ4n) is 2.30. The number of halogens is 2. The van der Waals surface area contributed by atoms with Gasteiger partial charge in [-0.15, -0.1) is 0 Å². The number of hydrogen-bond donors (Lipinski definition) is 1. The topological polar surface area (TPSA) is 140 Å². The van der Waals surface area contributed by atoms with Crippen LogP contribution in [0, 0.1) is 28.4 Å². The molecule has 1 amide bonds. The summed E-state index contributed by atoms with van der Waals surface area (Å²) in [6.07, 6.45) is 1.17. The van der Waals surface area contributed by atoms with Crippen molar-refractivity contribution in [1.29, 1.82) is 5.26 Å². The van der Waals surface area contributed by atoms with Crippen molar-refractivity contribution in [2.75, 3.05) is 13.7 Å². The molecular weight excluding hydrogens is 482 g/mol. The van der Waals surface area contributed by atoms with Crippen molar-refractivity contribution in [2.24, 2.45) is 5.10 Å². The highest BCUT2D eigenvalue weighted by Gasteiger charge is 2.18. The third-order valence-corrected chi connectivity index (χ3v) is 5.09. The minimum atomic E-state index is -0.632. The van der Waals surface area contributed by atoms with Gasteiger partial charge in [0, 0.05) is 39.9 Å². The van der Waals surface area contributed by atoms with E-state index >= 15 is 0 Å². The molecule has 0 spiro atoms. The lowest BCUT2D eigenvalue weighted by Crippen LogP contribution is -2.25. The van der Waals surface area contributed by atoms with E-state index < -0.39 is 17.4 Å². The number of rotatable bonds is 8. The Morgan fingerprint density at radius 3 is 2.90 bits per heavy atom. The summed E-state index contributed by atoms with van der Waals surface area (Å²) < 4.78 is 11.1. The lowest BCUT2D eigenvalue weighted by atomic mass is 10.1. The van der Waals surface area contributed by atoms with Gasteiger partial charge in [-0.2, -0.15) is 10.4 Å². The van der Waals surface area contributed by atoms with Crippen molar-refractivity contribution in [3.05, 3.63) is 60.2 Å². The molecule has 2 rings (SSSR count). The largest absolute Gasteiger partial charge is 0.467 e. The average Bonchev–Trinajstić information content (AvgIpc) is 2.71. The second-order valence-corrected chi connectivity index (χ2v) is 6.96. The van der Waals surface area contributed by atoms with Crippen molar-refractivity contribution in [3.63, 3.8) is 0 Å². The first-order valence-corrected chi connectivity index (χ1v) is 9.42. The van der Waals surface area contributed by atoms with Gasteiger partial charge >= 0.3 is 0 Å². The monoisotopic (exact) mass is 495 g/mol. The molecule has 1 N–H and O–H groups in total. The van der Waals surface area contributed by atoms with E-state index in [-0.39, 0.29) is 34.3 Å². The molecule has 0 aliphatic rings. The fourth-order valence-corrected chi connectivity index (χ4v) is 2.87. The molecular formula is C18H15BrClN5O5. The minimum Gasteiger partial charge on any atom is -0.467 e. The summed E-state index contributed by atoms with van der Waals surface area (Å²) in [5.74, 6) is -0.640. The van der Waals surface area contributed by atoms with Gasteiger partial charge in [0.25, 0.3) is 11.6 Å². The Hall–Kier alpha value is -3.07. The number of methoxy groups -OCH3 is 1. The maximum Gasteiger partial charge on any atom is 0.278 e. The van der Waals surface area contributed by atoms with Crippen LogP contribution in [0.1, 0.15) is 22.4 Å². The standard InChI is InChI=1S/C18H15BrClN5O5/c1-10-17(19)14(8-29-2)13(6-21)18(23-10)30-9-16(26)24-22-7-11-5-12(25(27)28)3-4-15(11)20/h3-5,7H,8-9H2,1-2H3,(H,24,26). The van der Waals surface area contributed by atoms with Crippen LogP contribution < -0.4 is 10.2 Å². The first-order valence-electron chi connectivity index (χ1n) is 8.25. The van der Waals surface area contributed by atoms with Crippen LogP contribution in [0.25, 0.3) is 0 Å². The molecule has 0 bridgehead atoms. The van der Waals surface area contributed by atoms with Crippen LogP contribution in [-0.2, 0) is 16.1 Å². The Balaban J connectivity index is 2.07. The number of carbonyl (C=O) groups is 1. The van der Waals surface area contributed by atoms with Crippen molar-refractivity contribution >= 4 is 45.3 Å². The molecule has 12 heteroatoms. The van der Waals surface area contributed by atoms with E-state index in [1.807, 2.05) is 6.07 Å². The van der Waals surface area contributed by atoms with E-state index in [4.69, 9.17) is 21.1 Å². The van der Waals surface area contributed by atoms with E-state index in [9.17, 15) is 20.2 Å². The molecule has 10 nitrogen and oxygen atoms in total. The van der Waals surface area contributed by atoms with Gasteiger partial charge < -0.3 is 9.47 Å². The van der Waals surface area contributed by atoms with Gasteiger partial charge in [0.2, 0.25) is 5.88 Å². The molecule has 0 aliphatic heterocycles. The Morgan fingerprint density at radius 2 is 2.27 bits per heavy atom. The Labute approximate surface area is 184 Å². The molecule has 1 aromatic heterocycles. The number of nitro benzene ring substituents is 1. The number of carbonyl (C=O) groups excluding carboxylic acids is 1. The maximum absolute atomic E-state index is 12.0. The van der Waals surface area contributed by atoms with Crippen molar-refractivity contribution in [3.8, 4) is 11.9 Å². The lowest BCUT2D eigenvalue weighted by molar-refractivity contribution is -0.384. The van der Waals surface area contributed by atoms with Crippen molar-refractivity contribution < 1.29 is 19.2 Å². The van der Waals surface area contributed by atoms with Crippen LogP contribution in [0.3, 0.4) is 0 Å². The van der Waals surface area contributed by atoms with Crippen LogP contribution in [-0.4, -0.2) is 35.7 Å². The second kappa shape index (κ2) is 10.6. The van der Waals surface area contributed by atoms with Gasteiger partial charge in [-0.3, -0.25) is 14.9 Å². The molecule has 0 unspecified atom stereocenters. The molecule has 1 heterocycles. The first-order chi connectivity index (χ1) is 14.3.